The second kappa shape index (κ2) is 14.6. The zero-order valence-electron chi connectivity index (χ0n) is 25.8. The molecule has 23 heteroatoms. The Kier molecular flexibility index (Phi) is 9.98. The number of phenolic OH excluding ortho intramolecular Hbond substituents is 4. The molecule has 4 heterocycles. The van der Waals surface area contributed by atoms with Crippen molar-refractivity contribution in [2.24, 2.45) is 5.16 Å². The van der Waals surface area contributed by atoms with Gasteiger partial charge in [-0.15, -0.1) is 33.3 Å². The van der Waals surface area contributed by atoms with E-state index >= 15 is 0 Å². The number of nitrogens with one attached hydrogen (secondary N) is 1. The van der Waals surface area contributed by atoms with Crippen molar-refractivity contribution in [2.75, 3.05) is 17.2 Å². The second-order valence-electron chi connectivity index (χ2n) is 10.6. The van der Waals surface area contributed by atoms with Crippen molar-refractivity contribution in [3.8, 4) is 34.5 Å². The van der Waals surface area contributed by atoms with Crippen LogP contribution >= 0.6 is 34.9 Å². The molecule has 4 aromatic rings. The predicted molar refractivity (Wildman–Crippen MR) is 179 cm³/mol. The highest BCUT2D eigenvalue weighted by Crippen LogP contribution is 2.42. The van der Waals surface area contributed by atoms with Gasteiger partial charge in [-0.05, 0) is 30.3 Å². The monoisotopic (exact) mass is 773 g/mol. The Hall–Kier alpha value is -6.20. The van der Waals surface area contributed by atoms with Crippen LogP contribution in [0.25, 0.3) is 11.5 Å². The molecule has 0 radical (unpaired) electrons. The lowest BCUT2D eigenvalue weighted by Crippen LogP contribution is -2.70. The number of nitrogens with zero attached hydrogens (tertiary/aromatic N) is 5. The summed E-state index contributed by atoms with van der Waals surface area (Å²) in [5.74, 6) is -5.21. The van der Waals surface area contributed by atoms with Crippen LogP contribution in [0.15, 0.2) is 68.0 Å². The molecule has 1 saturated heterocycles. The first kappa shape index (κ1) is 35.6. The molecule has 52 heavy (non-hydrogen) atoms. The van der Waals surface area contributed by atoms with Gasteiger partial charge in [0.1, 0.15) is 17.1 Å². The van der Waals surface area contributed by atoms with E-state index in [1.165, 1.54) is 35.3 Å². The Morgan fingerprint density at radius 2 is 1.81 bits per heavy atom. The van der Waals surface area contributed by atoms with E-state index in [-0.39, 0.29) is 50.6 Å². The van der Waals surface area contributed by atoms with Gasteiger partial charge in [-0.1, -0.05) is 23.0 Å². The Labute approximate surface area is 302 Å². The summed E-state index contributed by atoms with van der Waals surface area (Å²) in [4.78, 5) is 60.8. The largest absolute Gasteiger partial charge is 0.512 e. The van der Waals surface area contributed by atoms with Crippen molar-refractivity contribution in [3.63, 3.8) is 0 Å². The number of hydrogen-bond acceptors (Lipinski definition) is 19. The molecular weight excluding hydrogens is 751 g/mol. The maximum absolute atomic E-state index is 13.5. The van der Waals surface area contributed by atoms with Gasteiger partial charge < -0.3 is 55.7 Å². The highest BCUT2D eigenvalue weighted by Gasteiger charge is 2.54. The third kappa shape index (κ3) is 7.31. The smallest absolute Gasteiger partial charge is 0.504 e. The lowest BCUT2D eigenvalue weighted by Gasteiger charge is -2.49. The summed E-state index contributed by atoms with van der Waals surface area (Å²) in [6.07, 6.45) is -3.55. The molecule has 20 nitrogen and oxygen atoms in total. The minimum Gasteiger partial charge on any atom is -0.504 e. The van der Waals surface area contributed by atoms with Crippen LogP contribution in [0.1, 0.15) is 17.4 Å². The second-order valence-corrected chi connectivity index (χ2v) is 13.5. The number of anilines is 1. The zero-order chi connectivity index (χ0) is 37.3. The lowest BCUT2D eigenvalue weighted by molar-refractivity contribution is -0.151. The lowest BCUT2D eigenvalue weighted by atomic mass is 10.1. The molecule has 1 fully saturated rings. The van der Waals surface area contributed by atoms with E-state index in [2.05, 4.69) is 25.7 Å². The molecular formula is C29H23N7O13S3. The fourth-order valence-corrected chi connectivity index (χ4v) is 7.53. The number of thioether (sulfide) groups is 2. The number of ether oxygens (including phenoxy) is 1. The molecule has 0 bridgehead atoms. The van der Waals surface area contributed by atoms with Gasteiger partial charge in [-0.3, -0.25) is 14.5 Å². The number of carbonyl (C=O) groups excluding carboxylic acids is 2. The van der Waals surface area contributed by atoms with Crippen molar-refractivity contribution >= 4 is 69.6 Å². The maximum atomic E-state index is 13.5. The molecule has 6 rings (SSSR count). The van der Waals surface area contributed by atoms with Crippen molar-refractivity contribution in [2.45, 2.75) is 22.7 Å². The molecule has 2 aliphatic heterocycles. The maximum Gasteiger partial charge on any atom is 0.512 e. The van der Waals surface area contributed by atoms with E-state index < -0.39 is 64.4 Å². The first-order chi connectivity index (χ1) is 24.8. The van der Waals surface area contributed by atoms with E-state index in [1.54, 1.807) is 0 Å². The summed E-state index contributed by atoms with van der Waals surface area (Å²) >= 11 is 3.13. The highest BCUT2D eigenvalue weighted by molar-refractivity contribution is 8.01. The highest BCUT2D eigenvalue weighted by atomic mass is 32.2. The van der Waals surface area contributed by atoms with Crippen LogP contribution in [-0.4, -0.2) is 103 Å². The average molecular weight is 774 g/mol. The summed E-state index contributed by atoms with van der Waals surface area (Å²) in [6.45, 7) is 0. The summed E-state index contributed by atoms with van der Waals surface area (Å²) < 4.78 is 10.6. The van der Waals surface area contributed by atoms with E-state index in [4.69, 9.17) is 19.7 Å². The fourth-order valence-electron chi connectivity index (χ4n) is 4.77. The van der Waals surface area contributed by atoms with Crippen LogP contribution in [0.5, 0.6) is 23.0 Å². The van der Waals surface area contributed by atoms with Gasteiger partial charge in [-0.25, -0.2) is 14.6 Å². The minimum atomic E-state index is -1.85. The molecule has 0 spiro atoms. The van der Waals surface area contributed by atoms with Crippen LogP contribution < -0.4 is 11.1 Å². The van der Waals surface area contributed by atoms with Crippen LogP contribution in [0.4, 0.5) is 9.93 Å². The molecule has 270 valence electrons. The Morgan fingerprint density at radius 3 is 2.46 bits per heavy atom. The number of carboxylic acids is 1. The van der Waals surface area contributed by atoms with Crippen molar-refractivity contribution in [3.05, 3.63) is 64.5 Å². The Bertz CT molecular complexity index is 2150. The van der Waals surface area contributed by atoms with Crippen molar-refractivity contribution < 1.29 is 63.8 Å². The van der Waals surface area contributed by atoms with Crippen LogP contribution in [-0.2, 0) is 24.0 Å². The van der Waals surface area contributed by atoms with E-state index in [9.17, 15) is 49.8 Å². The number of β-lactam (4-membered cyclic amide) rings is 1. The number of aliphatic carboxylic acids is 1. The van der Waals surface area contributed by atoms with Gasteiger partial charge in [0.15, 0.2) is 33.8 Å². The number of benzene rings is 2. The molecule has 3 atom stereocenters. The number of hydrogen-bond donors (Lipinski definition) is 8. The number of phenols is 4. The van der Waals surface area contributed by atoms with Crippen LogP contribution in [0.3, 0.4) is 0 Å². The number of oxime groups is 1. The Balaban J connectivity index is 1.18. The predicted octanol–water partition coefficient (Wildman–Crippen LogP) is 2.24. The van der Waals surface area contributed by atoms with Gasteiger partial charge in [0.05, 0.1) is 0 Å². The third-order valence-electron chi connectivity index (χ3n) is 7.22. The molecule has 2 aromatic carbocycles. The number of rotatable bonds is 12. The molecule has 0 aliphatic carbocycles. The molecule has 2 amide bonds. The topological polar surface area (TPSA) is 314 Å². The van der Waals surface area contributed by atoms with Crippen molar-refractivity contribution in [1.82, 2.24) is 25.4 Å². The summed E-state index contributed by atoms with van der Waals surface area (Å²) in [5, 5.41) is 72.6. The SMILES string of the molecule is Nc1nc(C(=NOC(C(=O)O)c2ccc(O)c(O)c2)C(=O)N[C@@H]2C(=O)N3C(OC(=O)O)=C(CSc4nnc(-c5ccc(O)c(O)c5)o4)CS[C@@H]23)cs1. The normalized spacial score (nSPS) is 17.6. The molecule has 1 unspecified atom stereocenters. The van der Waals surface area contributed by atoms with Gasteiger partial charge in [-0.2, -0.15) is 0 Å². The fraction of sp³-hybridized carbons (Fsp3) is 0.172. The molecule has 2 aliphatic rings. The van der Waals surface area contributed by atoms with Gasteiger partial charge in [0.25, 0.3) is 17.0 Å². The van der Waals surface area contributed by atoms with Gasteiger partial charge in [0, 0.05) is 33.6 Å². The number of fused-ring (bicyclic) bond motifs is 1. The number of carbonyl (C=O) groups is 4. The summed E-state index contributed by atoms with van der Waals surface area (Å²) in [6, 6.07) is 5.84. The van der Waals surface area contributed by atoms with Gasteiger partial charge >= 0.3 is 12.1 Å². The standard InChI is InChI=1S/C29H23N7O13S3/c30-27-31-13(9-51-27)18(35-49-20(26(43)44)10-1-3-14(37)16(39)5-10)21(41)32-19-23(42)36-24(48-29(45)46)12(7-50-25(19)36)8-52-28-34-33-22(47-28)11-2-4-15(38)17(40)6-11/h1-6,9,19-20,25,37-40H,7-8H2,(H2,30,31)(H,32,41)(H,43,44)(H,45,46)/t19-,20?,25+/m1/s1. The zero-order valence-corrected chi connectivity index (χ0v) is 28.2. The van der Waals surface area contributed by atoms with Crippen molar-refractivity contribution in [1.29, 1.82) is 0 Å². The average Bonchev–Trinajstić information content (AvgIpc) is 3.76. The number of aromatic hydroxyl groups is 4. The summed E-state index contributed by atoms with van der Waals surface area (Å²) in [7, 11) is 0. The van der Waals surface area contributed by atoms with Crippen LogP contribution in [0.2, 0.25) is 0 Å². The number of carboxylic acid groups (broad SMARTS) is 2. The van der Waals surface area contributed by atoms with E-state index in [0.29, 0.717) is 11.1 Å². The number of amides is 2. The molecule has 0 saturated carbocycles. The summed E-state index contributed by atoms with van der Waals surface area (Å²) in [5.41, 5.74) is 5.64. The number of nitrogen functional groups attached to an aromatic ring is 1. The molecule has 9 N–H and O–H groups in total. The first-order valence-electron chi connectivity index (χ1n) is 14.4. The Morgan fingerprint density at radius 1 is 1.08 bits per heavy atom. The number of aromatic nitrogens is 3. The minimum absolute atomic E-state index is 0.0323. The van der Waals surface area contributed by atoms with Gasteiger partial charge in [0.2, 0.25) is 17.9 Å². The van der Waals surface area contributed by atoms with Crippen LogP contribution in [0, 0.1) is 0 Å². The van der Waals surface area contributed by atoms with E-state index in [1.807, 2.05) is 0 Å². The number of nitrogens with two attached hydrogens (primary N) is 1. The number of thiazole rings is 1. The van der Waals surface area contributed by atoms with E-state index in [0.717, 1.165) is 46.2 Å². The quantitative estimate of drug-likeness (QED) is 0.0255. The first-order valence-corrected chi connectivity index (χ1v) is 17.3. The third-order valence-corrected chi connectivity index (χ3v) is 10.1. The molecule has 2 aromatic heterocycles.